The number of methoxy groups -OCH3 is 1. The molecule has 166 valence electrons. The molecule has 32 heavy (non-hydrogen) atoms. The lowest BCUT2D eigenvalue weighted by Gasteiger charge is -2.30. The van der Waals surface area contributed by atoms with Crippen LogP contribution in [0.25, 0.3) is 0 Å². The maximum absolute atomic E-state index is 13.7. The van der Waals surface area contributed by atoms with Crippen LogP contribution < -0.4 is 0 Å². The molecule has 0 N–H and O–H groups in total. The van der Waals surface area contributed by atoms with E-state index in [4.69, 9.17) is 4.74 Å². The van der Waals surface area contributed by atoms with Crippen molar-refractivity contribution in [2.75, 3.05) is 13.7 Å². The summed E-state index contributed by atoms with van der Waals surface area (Å²) in [6, 6.07) is 11.8. The number of amides is 3. The van der Waals surface area contributed by atoms with Gasteiger partial charge in [-0.3, -0.25) is 24.3 Å². The van der Waals surface area contributed by atoms with Gasteiger partial charge in [-0.1, -0.05) is 36.4 Å². The number of nitrogens with zero attached hydrogens (tertiary/aromatic N) is 3. The van der Waals surface area contributed by atoms with Gasteiger partial charge in [-0.2, -0.15) is 0 Å². The average molecular weight is 435 g/mol. The minimum absolute atomic E-state index is 0.0986. The number of likely N-dealkylation sites (tertiary alicyclic amines) is 2. The molecule has 2 fully saturated rings. The second-order valence-corrected chi connectivity index (χ2v) is 8.22. The van der Waals surface area contributed by atoms with Crippen molar-refractivity contribution in [2.45, 2.75) is 43.7 Å². The standard InChI is InChI=1S/C24H25N3O5/c1-32-22(30)19-10-6-12-26(19)20(28)13-24(18-8-3-2-4-9-18)14-21(29)27(23(24)31)16-17-7-5-11-25-15-17/h2-5,7-9,11,15,19H,6,10,12-14,16H2,1H3/t19-,24+/m0/s1. The zero-order valence-electron chi connectivity index (χ0n) is 17.9. The maximum Gasteiger partial charge on any atom is 0.328 e. The molecule has 2 aromatic rings. The number of carbonyl (C=O) groups is 4. The van der Waals surface area contributed by atoms with Gasteiger partial charge in [0, 0.05) is 31.8 Å². The van der Waals surface area contributed by atoms with Crippen LogP contribution in [0, 0.1) is 0 Å². The Bertz CT molecular complexity index is 1030. The van der Waals surface area contributed by atoms with E-state index in [1.165, 1.54) is 16.9 Å². The quantitative estimate of drug-likeness (QED) is 0.507. The number of benzene rings is 1. The van der Waals surface area contributed by atoms with E-state index in [1.54, 1.807) is 48.8 Å². The molecule has 0 unspecified atom stereocenters. The highest BCUT2D eigenvalue weighted by Gasteiger charge is 2.54. The van der Waals surface area contributed by atoms with Gasteiger partial charge >= 0.3 is 5.97 Å². The van der Waals surface area contributed by atoms with Crippen molar-refractivity contribution in [3.05, 3.63) is 66.0 Å². The number of carbonyl (C=O) groups excluding carboxylic acids is 4. The first-order valence-electron chi connectivity index (χ1n) is 10.6. The molecule has 0 saturated carbocycles. The molecule has 0 spiro atoms. The molecule has 1 aromatic heterocycles. The van der Waals surface area contributed by atoms with Crippen molar-refractivity contribution in [3.8, 4) is 0 Å². The van der Waals surface area contributed by atoms with Gasteiger partial charge in [-0.15, -0.1) is 0 Å². The summed E-state index contributed by atoms with van der Waals surface area (Å²) in [5, 5.41) is 0. The lowest BCUT2D eigenvalue weighted by molar-refractivity contribution is -0.151. The van der Waals surface area contributed by atoms with E-state index in [0.29, 0.717) is 24.9 Å². The highest BCUT2D eigenvalue weighted by molar-refractivity contribution is 6.10. The van der Waals surface area contributed by atoms with Crippen molar-refractivity contribution in [2.24, 2.45) is 0 Å². The van der Waals surface area contributed by atoms with E-state index in [0.717, 1.165) is 5.56 Å². The van der Waals surface area contributed by atoms with E-state index in [-0.39, 0.29) is 31.2 Å². The molecule has 0 radical (unpaired) electrons. The van der Waals surface area contributed by atoms with Crippen molar-refractivity contribution in [3.63, 3.8) is 0 Å². The van der Waals surface area contributed by atoms with E-state index in [9.17, 15) is 19.2 Å². The van der Waals surface area contributed by atoms with Gasteiger partial charge in [0.2, 0.25) is 17.7 Å². The molecule has 2 saturated heterocycles. The van der Waals surface area contributed by atoms with Gasteiger partial charge in [0.25, 0.3) is 0 Å². The maximum atomic E-state index is 13.7. The zero-order chi connectivity index (χ0) is 22.7. The van der Waals surface area contributed by atoms with E-state index < -0.39 is 23.3 Å². The Kier molecular flexibility index (Phi) is 6.03. The van der Waals surface area contributed by atoms with Gasteiger partial charge in [-0.25, -0.2) is 4.79 Å². The molecular formula is C24H25N3O5. The molecule has 2 atom stereocenters. The summed E-state index contributed by atoms with van der Waals surface area (Å²) in [5.41, 5.74) is 0.0462. The fraction of sp³-hybridized carbons (Fsp3) is 0.375. The summed E-state index contributed by atoms with van der Waals surface area (Å²) in [6.45, 7) is 0.522. The summed E-state index contributed by atoms with van der Waals surface area (Å²) in [5.74, 6) is -1.52. The Balaban J connectivity index is 1.65. The van der Waals surface area contributed by atoms with E-state index >= 15 is 0 Å². The zero-order valence-corrected chi connectivity index (χ0v) is 17.9. The number of hydrogen-bond donors (Lipinski definition) is 0. The van der Waals surface area contributed by atoms with Crippen LogP contribution in [0.2, 0.25) is 0 Å². The highest BCUT2D eigenvalue weighted by atomic mass is 16.5. The van der Waals surface area contributed by atoms with Gasteiger partial charge in [0.1, 0.15) is 6.04 Å². The van der Waals surface area contributed by atoms with Gasteiger partial charge in [-0.05, 0) is 30.0 Å². The molecule has 0 aliphatic carbocycles. The number of ether oxygens (including phenoxy) is 1. The van der Waals surface area contributed by atoms with Crippen LogP contribution in [-0.2, 0) is 35.9 Å². The molecular weight excluding hydrogens is 410 g/mol. The van der Waals surface area contributed by atoms with Crippen molar-refractivity contribution >= 4 is 23.7 Å². The lowest BCUT2D eigenvalue weighted by atomic mass is 9.75. The van der Waals surface area contributed by atoms with Crippen LogP contribution in [0.4, 0.5) is 0 Å². The molecule has 4 rings (SSSR count). The Hall–Kier alpha value is -3.55. The summed E-state index contributed by atoms with van der Waals surface area (Å²) in [6.07, 6.45) is 4.16. The van der Waals surface area contributed by atoms with E-state index in [2.05, 4.69) is 4.98 Å². The fourth-order valence-electron chi connectivity index (χ4n) is 4.66. The third kappa shape index (κ3) is 3.88. The predicted octanol–water partition coefficient (Wildman–Crippen LogP) is 1.83. The first kappa shape index (κ1) is 21.7. The molecule has 1 aromatic carbocycles. The average Bonchev–Trinajstić information content (AvgIpc) is 3.40. The summed E-state index contributed by atoms with van der Waals surface area (Å²) in [7, 11) is 1.30. The summed E-state index contributed by atoms with van der Waals surface area (Å²) >= 11 is 0. The SMILES string of the molecule is COC(=O)[C@@H]1CCCN1C(=O)C[C@]1(c2ccccc2)CC(=O)N(Cc2cccnc2)C1=O. The molecule has 2 aliphatic heterocycles. The second-order valence-electron chi connectivity index (χ2n) is 8.22. The first-order chi connectivity index (χ1) is 15.5. The Morgan fingerprint density at radius 2 is 1.94 bits per heavy atom. The number of esters is 1. The van der Waals surface area contributed by atoms with Gasteiger partial charge in [0.15, 0.2) is 0 Å². The van der Waals surface area contributed by atoms with Crippen molar-refractivity contribution in [1.82, 2.24) is 14.8 Å². The fourth-order valence-corrected chi connectivity index (χ4v) is 4.66. The number of hydrogen-bond acceptors (Lipinski definition) is 6. The largest absolute Gasteiger partial charge is 0.467 e. The number of rotatable bonds is 6. The van der Waals surface area contributed by atoms with E-state index in [1.807, 2.05) is 6.07 Å². The smallest absolute Gasteiger partial charge is 0.328 e. The van der Waals surface area contributed by atoms with Crippen LogP contribution >= 0.6 is 0 Å². The molecule has 3 heterocycles. The van der Waals surface area contributed by atoms with Crippen molar-refractivity contribution in [1.29, 1.82) is 0 Å². The third-order valence-corrected chi connectivity index (χ3v) is 6.30. The molecule has 3 amide bonds. The van der Waals surface area contributed by atoms with Crippen LogP contribution in [0.15, 0.2) is 54.9 Å². The number of imide groups is 1. The summed E-state index contributed by atoms with van der Waals surface area (Å²) in [4.78, 5) is 58.9. The molecule has 0 bridgehead atoms. The van der Waals surface area contributed by atoms with Crippen molar-refractivity contribution < 1.29 is 23.9 Å². The second kappa shape index (κ2) is 8.90. The first-order valence-corrected chi connectivity index (χ1v) is 10.6. The number of aromatic nitrogens is 1. The van der Waals surface area contributed by atoms with Gasteiger partial charge in [0.05, 0.1) is 19.1 Å². The molecule has 8 nitrogen and oxygen atoms in total. The normalized spacial score (nSPS) is 23.0. The molecule has 2 aliphatic rings. The number of pyridine rings is 1. The summed E-state index contributed by atoms with van der Waals surface area (Å²) < 4.78 is 4.85. The molecule has 8 heteroatoms. The third-order valence-electron chi connectivity index (χ3n) is 6.30. The van der Waals surface area contributed by atoms with Crippen LogP contribution in [0.1, 0.15) is 36.8 Å². The minimum Gasteiger partial charge on any atom is -0.467 e. The Morgan fingerprint density at radius 1 is 1.16 bits per heavy atom. The minimum atomic E-state index is -1.30. The van der Waals surface area contributed by atoms with Crippen LogP contribution in [-0.4, -0.2) is 58.2 Å². The Labute approximate surface area is 186 Å². The highest BCUT2D eigenvalue weighted by Crippen LogP contribution is 2.41. The van der Waals surface area contributed by atoms with Crippen LogP contribution in [0.5, 0.6) is 0 Å². The predicted molar refractivity (Wildman–Crippen MR) is 114 cm³/mol. The van der Waals surface area contributed by atoms with Gasteiger partial charge < -0.3 is 9.64 Å². The van der Waals surface area contributed by atoms with Crippen LogP contribution in [0.3, 0.4) is 0 Å². The monoisotopic (exact) mass is 435 g/mol. The lowest BCUT2D eigenvalue weighted by Crippen LogP contribution is -2.46. The Morgan fingerprint density at radius 3 is 2.62 bits per heavy atom. The topological polar surface area (TPSA) is 96.9 Å².